The number of carbonyl (C=O) groups excluding carboxylic acids is 1. The van der Waals surface area contributed by atoms with Crippen LogP contribution in [-0.2, 0) is 0 Å². The first-order chi connectivity index (χ1) is 10.1. The molecule has 2 N–H and O–H groups in total. The third kappa shape index (κ3) is 4.26. The third-order valence-electron chi connectivity index (χ3n) is 3.02. The fraction of sp³-hybridized carbons (Fsp3) is 0.267. The van der Waals surface area contributed by atoms with Gasteiger partial charge in [0.2, 0.25) is 5.95 Å². The largest absolute Gasteiger partial charge is 0.350 e. The standard InChI is InChI=1S/C15H17BrN4O/c1-3-10(2)19-14(21)11-8-17-15(18-9-11)20-13-7-5-4-6-12(13)16/h4-10H,3H2,1-2H3,(H,19,21)(H,17,18,20). The average Bonchev–Trinajstić information content (AvgIpc) is 2.50. The van der Waals surface area contributed by atoms with E-state index in [1.807, 2.05) is 38.1 Å². The molecule has 21 heavy (non-hydrogen) atoms. The van der Waals surface area contributed by atoms with E-state index in [2.05, 4.69) is 36.5 Å². The van der Waals surface area contributed by atoms with Gasteiger partial charge < -0.3 is 10.6 Å². The molecular formula is C15H17BrN4O. The number of para-hydroxylation sites is 1. The van der Waals surface area contributed by atoms with Crippen molar-refractivity contribution in [2.24, 2.45) is 0 Å². The van der Waals surface area contributed by atoms with Crippen molar-refractivity contribution >= 4 is 33.5 Å². The van der Waals surface area contributed by atoms with Crippen LogP contribution in [0.2, 0.25) is 0 Å². The highest BCUT2D eigenvalue weighted by molar-refractivity contribution is 9.10. The van der Waals surface area contributed by atoms with Crippen molar-refractivity contribution in [3.63, 3.8) is 0 Å². The van der Waals surface area contributed by atoms with E-state index in [0.717, 1.165) is 16.6 Å². The number of nitrogens with zero attached hydrogens (tertiary/aromatic N) is 2. The van der Waals surface area contributed by atoms with E-state index in [-0.39, 0.29) is 11.9 Å². The predicted octanol–water partition coefficient (Wildman–Crippen LogP) is 3.51. The number of aromatic nitrogens is 2. The first-order valence-electron chi connectivity index (χ1n) is 6.74. The van der Waals surface area contributed by atoms with Crippen molar-refractivity contribution in [2.45, 2.75) is 26.3 Å². The Morgan fingerprint density at radius 2 is 1.95 bits per heavy atom. The number of carbonyl (C=O) groups is 1. The number of nitrogens with one attached hydrogen (secondary N) is 2. The first kappa shape index (κ1) is 15.4. The second kappa shape index (κ2) is 7.17. The lowest BCUT2D eigenvalue weighted by Gasteiger charge is -2.11. The summed E-state index contributed by atoms with van der Waals surface area (Å²) in [5.74, 6) is 0.291. The molecule has 1 amide bonds. The maximum atomic E-state index is 11.9. The van der Waals surface area contributed by atoms with E-state index in [4.69, 9.17) is 0 Å². The minimum Gasteiger partial charge on any atom is -0.350 e. The Morgan fingerprint density at radius 1 is 1.29 bits per heavy atom. The van der Waals surface area contributed by atoms with Gasteiger partial charge in [0, 0.05) is 22.9 Å². The van der Waals surface area contributed by atoms with Crippen LogP contribution in [-0.4, -0.2) is 21.9 Å². The molecule has 0 aliphatic carbocycles. The quantitative estimate of drug-likeness (QED) is 0.867. The molecule has 0 spiro atoms. The molecule has 2 aromatic rings. The molecule has 1 heterocycles. The maximum Gasteiger partial charge on any atom is 0.254 e. The molecule has 0 fully saturated rings. The van der Waals surface area contributed by atoms with Gasteiger partial charge in [0.15, 0.2) is 0 Å². The second-order valence-corrected chi connectivity index (χ2v) is 5.54. The van der Waals surface area contributed by atoms with Crippen molar-refractivity contribution in [3.05, 3.63) is 46.7 Å². The molecule has 0 bridgehead atoms. The van der Waals surface area contributed by atoms with E-state index in [1.54, 1.807) is 0 Å². The molecule has 1 unspecified atom stereocenters. The zero-order chi connectivity index (χ0) is 15.2. The molecule has 1 aromatic carbocycles. The fourth-order valence-electron chi connectivity index (χ4n) is 1.60. The van der Waals surface area contributed by atoms with Gasteiger partial charge >= 0.3 is 0 Å². The van der Waals surface area contributed by atoms with Crippen LogP contribution in [0.5, 0.6) is 0 Å². The van der Waals surface area contributed by atoms with Crippen LogP contribution in [0.1, 0.15) is 30.6 Å². The van der Waals surface area contributed by atoms with Gasteiger partial charge in [-0.15, -0.1) is 0 Å². The predicted molar refractivity (Wildman–Crippen MR) is 86.7 cm³/mol. The molecule has 6 heteroatoms. The molecule has 0 aliphatic rings. The van der Waals surface area contributed by atoms with Crippen molar-refractivity contribution < 1.29 is 4.79 Å². The summed E-state index contributed by atoms with van der Waals surface area (Å²) >= 11 is 3.44. The Balaban J connectivity index is 2.05. The van der Waals surface area contributed by atoms with E-state index in [9.17, 15) is 4.79 Å². The molecular weight excluding hydrogens is 332 g/mol. The van der Waals surface area contributed by atoms with E-state index in [1.165, 1.54) is 12.4 Å². The number of rotatable bonds is 5. The van der Waals surface area contributed by atoms with Crippen LogP contribution in [0.25, 0.3) is 0 Å². The number of halogens is 1. The highest BCUT2D eigenvalue weighted by atomic mass is 79.9. The van der Waals surface area contributed by atoms with Crippen LogP contribution in [0, 0.1) is 0 Å². The Hall–Kier alpha value is -1.95. The van der Waals surface area contributed by atoms with Crippen molar-refractivity contribution in [2.75, 3.05) is 5.32 Å². The lowest BCUT2D eigenvalue weighted by Crippen LogP contribution is -2.32. The summed E-state index contributed by atoms with van der Waals surface area (Å²) in [6.45, 7) is 3.98. The minimum atomic E-state index is -0.156. The Kier molecular flexibility index (Phi) is 5.27. The SMILES string of the molecule is CCC(C)NC(=O)c1cnc(Nc2ccccc2Br)nc1. The van der Waals surface area contributed by atoms with E-state index < -0.39 is 0 Å². The minimum absolute atomic E-state index is 0.135. The fourth-order valence-corrected chi connectivity index (χ4v) is 1.99. The molecule has 2 rings (SSSR count). The summed E-state index contributed by atoms with van der Waals surface area (Å²) in [5.41, 5.74) is 1.32. The number of hydrogen-bond acceptors (Lipinski definition) is 4. The molecule has 0 saturated heterocycles. The van der Waals surface area contributed by atoms with E-state index >= 15 is 0 Å². The van der Waals surface area contributed by atoms with Gasteiger partial charge in [-0.3, -0.25) is 4.79 Å². The van der Waals surface area contributed by atoms with Crippen molar-refractivity contribution in [3.8, 4) is 0 Å². The third-order valence-corrected chi connectivity index (χ3v) is 3.72. The van der Waals surface area contributed by atoms with E-state index in [0.29, 0.717) is 11.5 Å². The molecule has 0 aliphatic heterocycles. The summed E-state index contributed by atoms with van der Waals surface area (Å²) in [5, 5.41) is 5.97. The van der Waals surface area contributed by atoms with Gasteiger partial charge in [-0.25, -0.2) is 9.97 Å². The van der Waals surface area contributed by atoms with Crippen LogP contribution < -0.4 is 10.6 Å². The van der Waals surface area contributed by atoms with Gasteiger partial charge in [0.25, 0.3) is 5.91 Å². The summed E-state index contributed by atoms with van der Waals surface area (Å²) < 4.78 is 0.923. The average molecular weight is 349 g/mol. The first-order valence-corrected chi connectivity index (χ1v) is 7.54. The topological polar surface area (TPSA) is 66.9 Å². The molecule has 5 nitrogen and oxygen atoms in total. The van der Waals surface area contributed by atoms with Crippen LogP contribution in [0.15, 0.2) is 41.1 Å². The van der Waals surface area contributed by atoms with Crippen LogP contribution in [0.3, 0.4) is 0 Å². The van der Waals surface area contributed by atoms with Crippen molar-refractivity contribution in [1.82, 2.24) is 15.3 Å². The lowest BCUT2D eigenvalue weighted by atomic mass is 10.2. The number of anilines is 2. The smallest absolute Gasteiger partial charge is 0.254 e. The molecule has 110 valence electrons. The molecule has 1 aromatic heterocycles. The Bertz CT molecular complexity index is 615. The summed E-state index contributed by atoms with van der Waals surface area (Å²) in [4.78, 5) is 20.2. The normalized spacial score (nSPS) is 11.8. The van der Waals surface area contributed by atoms with Gasteiger partial charge in [-0.05, 0) is 41.4 Å². The highest BCUT2D eigenvalue weighted by Gasteiger charge is 2.10. The van der Waals surface area contributed by atoms with Gasteiger partial charge in [-0.1, -0.05) is 19.1 Å². The zero-order valence-corrected chi connectivity index (χ0v) is 13.5. The molecule has 1 atom stereocenters. The lowest BCUT2D eigenvalue weighted by molar-refractivity contribution is 0.0938. The number of benzene rings is 1. The van der Waals surface area contributed by atoms with Crippen molar-refractivity contribution in [1.29, 1.82) is 0 Å². The summed E-state index contributed by atoms with van der Waals surface area (Å²) in [7, 11) is 0. The van der Waals surface area contributed by atoms with Gasteiger partial charge in [0.05, 0.1) is 11.3 Å². The van der Waals surface area contributed by atoms with Crippen LogP contribution >= 0.6 is 15.9 Å². The van der Waals surface area contributed by atoms with Gasteiger partial charge in [0.1, 0.15) is 0 Å². The number of amides is 1. The number of hydrogen-bond donors (Lipinski definition) is 2. The Morgan fingerprint density at radius 3 is 2.57 bits per heavy atom. The Labute approximate surface area is 132 Å². The second-order valence-electron chi connectivity index (χ2n) is 4.68. The molecule has 0 saturated carbocycles. The van der Waals surface area contributed by atoms with Crippen LogP contribution in [0.4, 0.5) is 11.6 Å². The maximum absolute atomic E-state index is 11.9. The monoisotopic (exact) mass is 348 g/mol. The van der Waals surface area contributed by atoms with Gasteiger partial charge in [-0.2, -0.15) is 0 Å². The molecule has 0 radical (unpaired) electrons. The summed E-state index contributed by atoms with van der Waals surface area (Å²) in [6, 6.07) is 7.82. The summed E-state index contributed by atoms with van der Waals surface area (Å²) in [6.07, 6.45) is 3.92. The highest BCUT2D eigenvalue weighted by Crippen LogP contribution is 2.23. The zero-order valence-electron chi connectivity index (χ0n) is 11.9.